The molecule has 0 bridgehead atoms. The van der Waals surface area contributed by atoms with Gasteiger partial charge in [0.2, 0.25) is 5.91 Å². The summed E-state index contributed by atoms with van der Waals surface area (Å²) >= 11 is 0. The van der Waals surface area contributed by atoms with Gasteiger partial charge in [-0.05, 0) is 24.8 Å². The van der Waals surface area contributed by atoms with E-state index in [4.69, 9.17) is 0 Å². The van der Waals surface area contributed by atoms with E-state index in [0.717, 1.165) is 12.2 Å². The molecule has 4 heteroatoms. The highest BCUT2D eigenvalue weighted by Crippen LogP contribution is 2.33. The lowest BCUT2D eigenvalue weighted by Crippen LogP contribution is -2.37. The minimum absolute atomic E-state index is 0.0916. The van der Waals surface area contributed by atoms with Crippen molar-refractivity contribution >= 4 is 5.91 Å². The summed E-state index contributed by atoms with van der Waals surface area (Å²) in [5.74, 6) is 1.54. The highest BCUT2D eigenvalue weighted by Gasteiger charge is 2.32. The fourth-order valence-electron chi connectivity index (χ4n) is 1.87. The molecule has 1 fully saturated rings. The summed E-state index contributed by atoms with van der Waals surface area (Å²) in [6, 6.07) is 0.201. The standard InChI is InChI=1S/C12H17N3O/c1-3-12(16)14-10(9-4-5-9)8-11-13-6-7-15(11)2/h3,6-7,9-10H,1,4-5,8H2,2H3,(H,14,16). The molecule has 1 saturated carbocycles. The molecule has 4 nitrogen and oxygen atoms in total. The number of nitrogens with one attached hydrogen (secondary N) is 1. The van der Waals surface area contributed by atoms with Crippen molar-refractivity contribution in [3.05, 3.63) is 30.9 Å². The molecule has 1 amide bonds. The quantitative estimate of drug-likeness (QED) is 0.752. The van der Waals surface area contributed by atoms with Gasteiger partial charge in [0, 0.05) is 31.9 Å². The number of hydrogen-bond acceptors (Lipinski definition) is 2. The van der Waals surface area contributed by atoms with Crippen LogP contribution >= 0.6 is 0 Å². The Morgan fingerprint density at radius 2 is 2.56 bits per heavy atom. The van der Waals surface area contributed by atoms with Gasteiger partial charge in [-0.1, -0.05) is 6.58 Å². The molecule has 1 N–H and O–H groups in total. The van der Waals surface area contributed by atoms with Crippen molar-refractivity contribution in [2.24, 2.45) is 13.0 Å². The lowest BCUT2D eigenvalue weighted by molar-refractivity contribution is -0.117. The average Bonchev–Trinajstić information content (AvgIpc) is 3.04. The summed E-state index contributed by atoms with van der Waals surface area (Å²) in [5, 5.41) is 2.98. The Hall–Kier alpha value is -1.58. The maximum Gasteiger partial charge on any atom is 0.243 e. The topological polar surface area (TPSA) is 46.9 Å². The van der Waals surface area contributed by atoms with Gasteiger partial charge in [-0.15, -0.1) is 0 Å². The molecule has 86 valence electrons. The summed E-state index contributed by atoms with van der Waals surface area (Å²) in [6.45, 7) is 3.48. The fourth-order valence-corrected chi connectivity index (χ4v) is 1.87. The molecule has 16 heavy (non-hydrogen) atoms. The van der Waals surface area contributed by atoms with E-state index in [9.17, 15) is 4.79 Å². The van der Waals surface area contributed by atoms with Crippen molar-refractivity contribution in [1.82, 2.24) is 14.9 Å². The Morgan fingerprint density at radius 3 is 3.06 bits per heavy atom. The zero-order valence-electron chi connectivity index (χ0n) is 9.52. The first kappa shape index (κ1) is 10.9. The van der Waals surface area contributed by atoms with Crippen LogP contribution in [0.15, 0.2) is 25.0 Å². The number of aryl methyl sites for hydroxylation is 1. The fraction of sp³-hybridized carbons (Fsp3) is 0.500. The molecule has 1 unspecified atom stereocenters. The molecule has 0 radical (unpaired) electrons. The maximum absolute atomic E-state index is 11.3. The van der Waals surface area contributed by atoms with Gasteiger partial charge in [-0.25, -0.2) is 4.98 Å². The summed E-state index contributed by atoms with van der Waals surface area (Å²) in [7, 11) is 1.97. The second kappa shape index (κ2) is 4.51. The van der Waals surface area contributed by atoms with Gasteiger partial charge in [0.05, 0.1) is 0 Å². The van der Waals surface area contributed by atoms with Gasteiger partial charge in [-0.3, -0.25) is 4.79 Å². The largest absolute Gasteiger partial charge is 0.349 e. The molecule has 1 aliphatic rings. The third-order valence-corrected chi connectivity index (χ3v) is 3.03. The predicted octanol–water partition coefficient (Wildman–Crippen LogP) is 1.04. The van der Waals surface area contributed by atoms with Crippen LogP contribution in [0.3, 0.4) is 0 Å². The number of rotatable bonds is 5. The van der Waals surface area contributed by atoms with Gasteiger partial charge >= 0.3 is 0 Å². The van der Waals surface area contributed by atoms with Gasteiger partial charge in [-0.2, -0.15) is 0 Å². The molecule has 2 rings (SSSR count). The first-order valence-electron chi connectivity index (χ1n) is 5.60. The summed E-state index contributed by atoms with van der Waals surface area (Å²) in [4.78, 5) is 15.6. The van der Waals surface area contributed by atoms with E-state index >= 15 is 0 Å². The highest BCUT2D eigenvalue weighted by atomic mass is 16.1. The van der Waals surface area contributed by atoms with Crippen LogP contribution < -0.4 is 5.32 Å². The average molecular weight is 219 g/mol. The second-order valence-corrected chi connectivity index (χ2v) is 4.32. The number of aromatic nitrogens is 2. The third kappa shape index (κ3) is 2.51. The minimum atomic E-state index is -0.0916. The first-order chi connectivity index (χ1) is 7.70. The summed E-state index contributed by atoms with van der Waals surface area (Å²) < 4.78 is 2.00. The van der Waals surface area contributed by atoms with Crippen LogP contribution in [-0.2, 0) is 18.3 Å². The van der Waals surface area contributed by atoms with Crippen molar-refractivity contribution in [2.45, 2.75) is 25.3 Å². The van der Waals surface area contributed by atoms with E-state index in [1.807, 2.05) is 17.8 Å². The van der Waals surface area contributed by atoms with Crippen LogP contribution in [0.5, 0.6) is 0 Å². The minimum Gasteiger partial charge on any atom is -0.349 e. The van der Waals surface area contributed by atoms with Crippen LogP contribution in [0, 0.1) is 5.92 Å². The van der Waals surface area contributed by atoms with Crippen LogP contribution in [0.2, 0.25) is 0 Å². The van der Waals surface area contributed by atoms with E-state index in [2.05, 4.69) is 16.9 Å². The second-order valence-electron chi connectivity index (χ2n) is 4.32. The van der Waals surface area contributed by atoms with Crippen LogP contribution in [0.1, 0.15) is 18.7 Å². The number of amides is 1. The van der Waals surface area contributed by atoms with Crippen LogP contribution in [0.25, 0.3) is 0 Å². The van der Waals surface area contributed by atoms with Crippen LogP contribution in [0.4, 0.5) is 0 Å². The third-order valence-electron chi connectivity index (χ3n) is 3.03. The number of carbonyl (C=O) groups excluding carboxylic acids is 1. The van der Waals surface area contributed by atoms with Crippen molar-refractivity contribution < 1.29 is 4.79 Å². The molecular formula is C12H17N3O. The Morgan fingerprint density at radius 1 is 1.81 bits per heavy atom. The maximum atomic E-state index is 11.3. The van der Waals surface area contributed by atoms with Gasteiger partial charge in [0.15, 0.2) is 0 Å². The highest BCUT2D eigenvalue weighted by molar-refractivity contribution is 5.87. The Kier molecular flexibility index (Phi) is 3.08. The van der Waals surface area contributed by atoms with Crippen molar-refractivity contribution in [3.63, 3.8) is 0 Å². The van der Waals surface area contributed by atoms with Gasteiger partial charge < -0.3 is 9.88 Å². The molecule has 1 heterocycles. The number of carbonyl (C=O) groups is 1. The summed E-state index contributed by atoms with van der Waals surface area (Å²) in [6.07, 6.45) is 8.24. The Bertz CT molecular complexity index is 393. The van der Waals surface area contributed by atoms with E-state index in [1.54, 1.807) is 6.20 Å². The molecule has 1 aromatic rings. The summed E-state index contributed by atoms with van der Waals surface area (Å²) in [5.41, 5.74) is 0. The SMILES string of the molecule is C=CC(=O)NC(Cc1nccn1C)C1CC1. The van der Waals surface area contributed by atoms with E-state index in [1.165, 1.54) is 18.9 Å². The first-order valence-corrected chi connectivity index (χ1v) is 5.60. The zero-order valence-corrected chi connectivity index (χ0v) is 9.52. The Labute approximate surface area is 95.4 Å². The Balaban J connectivity index is 2.00. The van der Waals surface area contributed by atoms with Crippen LogP contribution in [-0.4, -0.2) is 21.5 Å². The lowest BCUT2D eigenvalue weighted by atomic mass is 10.1. The van der Waals surface area contributed by atoms with Crippen molar-refractivity contribution in [3.8, 4) is 0 Å². The molecule has 1 aromatic heterocycles. The molecule has 0 aliphatic heterocycles. The van der Waals surface area contributed by atoms with Gasteiger partial charge in [0.1, 0.15) is 5.82 Å². The zero-order chi connectivity index (χ0) is 11.5. The molecule has 0 spiro atoms. The predicted molar refractivity (Wildman–Crippen MR) is 61.8 cm³/mol. The van der Waals surface area contributed by atoms with Crippen molar-refractivity contribution in [2.75, 3.05) is 0 Å². The van der Waals surface area contributed by atoms with E-state index in [0.29, 0.717) is 5.92 Å². The van der Waals surface area contributed by atoms with E-state index in [-0.39, 0.29) is 11.9 Å². The molecule has 0 saturated heterocycles. The number of nitrogens with zero attached hydrogens (tertiary/aromatic N) is 2. The molecule has 0 aromatic carbocycles. The normalized spacial score (nSPS) is 16.8. The molecule has 1 aliphatic carbocycles. The van der Waals surface area contributed by atoms with E-state index < -0.39 is 0 Å². The van der Waals surface area contributed by atoms with Crippen molar-refractivity contribution in [1.29, 1.82) is 0 Å². The smallest absolute Gasteiger partial charge is 0.243 e. The lowest BCUT2D eigenvalue weighted by Gasteiger charge is -2.16. The molecular weight excluding hydrogens is 202 g/mol. The van der Waals surface area contributed by atoms with Gasteiger partial charge in [0.25, 0.3) is 0 Å². The molecule has 1 atom stereocenters. The number of imidazole rings is 1. The monoisotopic (exact) mass is 219 g/mol. The number of hydrogen-bond donors (Lipinski definition) is 1.